The van der Waals surface area contributed by atoms with Crippen molar-refractivity contribution in [2.75, 3.05) is 0 Å². The molecule has 0 heterocycles. The van der Waals surface area contributed by atoms with E-state index >= 15 is 0 Å². The van der Waals surface area contributed by atoms with Crippen LogP contribution in [0.25, 0.3) is 0 Å². The first-order valence-electron chi connectivity index (χ1n) is 5.29. The van der Waals surface area contributed by atoms with Crippen molar-refractivity contribution in [3.63, 3.8) is 0 Å². The highest BCUT2D eigenvalue weighted by atomic mass is 32.2. The average Bonchev–Trinajstić information content (AvgIpc) is 2.38. The van der Waals surface area contributed by atoms with Crippen molar-refractivity contribution >= 4 is 11.8 Å². The van der Waals surface area contributed by atoms with Crippen LogP contribution in [0, 0.1) is 0 Å². The van der Waals surface area contributed by atoms with Gasteiger partial charge in [-0.1, -0.05) is 54.6 Å². The second kappa shape index (κ2) is 5.57. The molecule has 0 spiro atoms. The molecule has 0 N–H and O–H groups in total. The maximum atomic E-state index is 3.91. The van der Waals surface area contributed by atoms with Gasteiger partial charge in [0.2, 0.25) is 0 Å². The van der Waals surface area contributed by atoms with Crippen LogP contribution in [0.4, 0.5) is 0 Å². The molecule has 0 saturated carbocycles. The molecule has 0 nitrogen and oxygen atoms in total. The van der Waals surface area contributed by atoms with Gasteiger partial charge in [0, 0.05) is 4.90 Å². The third-order valence-corrected chi connectivity index (χ3v) is 3.61. The van der Waals surface area contributed by atoms with Gasteiger partial charge in [-0.3, -0.25) is 0 Å². The second-order valence-corrected chi connectivity index (χ2v) is 4.71. The Balaban J connectivity index is 2.16. The molecule has 1 atom stereocenters. The van der Waals surface area contributed by atoms with Crippen LogP contribution >= 0.6 is 11.8 Å². The predicted octanol–water partition coefficient (Wildman–Crippen LogP) is 4.71. The molecule has 0 unspecified atom stereocenters. The van der Waals surface area contributed by atoms with E-state index in [0.29, 0.717) is 5.25 Å². The molecule has 0 amide bonds. The molecule has 1 heteroatoms. The van der Waals surface area contributed by atoms with Gasteiger partial charge < -0.3 is 0 Å². The van der Waals surface area contributed by atoms with Gasteiger partial charge in [-0.25, -0.2) is 0 Å². The van der Waals surface area contributed by atoms with E-state index in [1.807, 2.05) is 30.0 Å². The Kier molecular flexibility index (Phi) is 3.84. The van der Waals surface area contributed by atoms with Crippen molar-refractivity contribution in [1.82, 2.24) is 0 Å². The Morgan fingerprint density at radius 3 is 2.00 bits per heavy atom. The highest BCUT2D eigenvalue weighted by molar-refractivity contribution is 7.99. The van der Waals surface area contributed by atoms with Crippen LogP contribution < -0.4 is 0 Å². The summed E-state index contributed by atoms with van der Waals surface area (Å²) in [5.74, 6) is 0. The first-order valence-corrected chi connectivity index (χ1v) is 6.17. The fraction of sp³-hybridized carbons (Fsp3) is 0.0667. The van der Waals surface area contributed by atoms with Crippen molar-refractivity contribution in [2.24, 2.45) is 0 Å². The minimum absolute atomic E-state index is 0.323. The summed E-state index contributed by atoms with van der Waals surface area (Å²) < 4.78 is 0. The zero-order valence-corrected chi connectivity index (χ0v) is 9.86. The highest BCUT2D eigenvalue weighted by Crippen LogP contribution is 2.35. The van der Waals surface area contributed by atoms with Crippen LogP contribution in [-0.4, -0.2) is 0 Å². The zero-order valence-electron chi connectivity index (χ0n) is 9.04. The Bertz CT molecular complexity index is 434. The maximum Gasteiger partial charge on any atom is 0.0521 e. The minimum atomic E-state index is 0.323. The van der Waals surface area contributed by atoms with Crippen LogP contribution in [-0.2, 0) is 0 Å². The van der Waals surface area contributed by atoms with Crippen LogP contribution in [0.3, 0.4) is 0 Å². The molecule has 2 rings (SSSR count). The molecule has 2 aromatic rings. The molecule has 0 aliphatic heterocycles. The van der Waals surface area contributed by atoms with E-state index in [2.05, 4.69) is 55.1 Å². The Morgan fingerprint density at radius 2 is 1.44 bits per heavy atom. The number of rotatable bonds is 4. The molecule has 0 radical (unpaired) electrons. The Hall–Kier alpha value is -1.47. The summed E-state index contributed by atoms with van der Waals surface area (Å²) in [6.45, 7) is 3.91. The molecule has 0 bridgehead atoms. The van der Waals surface area contributed by atoms with Gasteiger partial charge in [-0.2, -0.15) is 0 Å². The number of benzene rings is 2. The molecular formula is C15H14S. The van der Waals surface area contributed by atoms with Crippen LogP contribution in [0.2, 0.25) is 0 Å². The second-order valence-electron chi connectivity index (χ2n) is 3.50. The van der Waals surface area contributed by atoms with Crippen LogP contribution in [0.5, 0.6) is 0 Å². The molecule has 0 fully saturated rings. The molecule has 0 aromatic heterocycles. The SMILES string of the molecule is C=C[C@H](Sc1ccccc1)c1ccccc1. The standard InChI is InChI=1S/C15H14S/c1-2-15(13-9-5-3-6-10-13)16-14-11-7-4-8-12-14/h2-12,15H,1H2/t15-/m0/s1. The van der Waals surface area contributed by atoms with Gasteiger partial charge in [0.15, 0.2) is 0 Å². The van der Waals surface area contributed by atoms with E-state index in [9.17, 15) is 0 Å². The lowest BCUT2D eigenvalue weighted by molar-refractivity contribution is 1.22. The molecule has 0 aliphatic carbocycles. The van der Waals surface area contributed by atoms with Crippen LogP contribution in [0.1, 0.15) is 10.8 Å². The molecule has 0 saturated heterocycles. The normalized spacial score (nSPS) is 12.0. The predicted molar refractivity (Wildman–Crippen MR) is 71.7 cm³/mol. The molecule has 16 heavy (non-hydrogen) atoms. The van der Waals surface area contributed by atoms with Crippen molar-refractivity contribution in [3.05, 3.63) is 78.9 Å². The highest BCUT2D eigenvalue weighted by Gasteiger charge is 2.07. The van der Waals surface area contributed by atoms with E-state index in [0.717, 1.165) is 0 Å². The van der Waals surface area contributed by atoms with Gasteiger partial charge >= 0.3 is 0 Å². The summed E-state index contributed by atoms with van der Waals surface area (Å²) in [6.07, 6.45) is 1.99. The summed E-state index contributed by atoms with van der Waals surface area (Å²) in [6, 6.07) is 20.9. The van der Waals surface area contributed by atoms with E-state index in [4.69, 9.17) is 0 Å². The number of hydrogen-bond donors (Lipinski definition) is 0. The lowest BCUT2D eigenvalue weighted by atomic mass is 10.1. The largest absolute Gasteiger partial charge is 0.114 e. The maximum absolute atomic E-state index is 3.91. The lowest BCUT2D eigenvalue weighted by Gasteiger charge is -2.12. The van der Waals surface area contributed by atoms with Crippen LogP contribution in [0.15, 0.2) is 78.2 Å². The van der Waals surface area contributed by atoms with Gasteiger partial charge in [0.1, 0.15) is 0 Å². The molecule has 2 aromatic carbocycles. The Morgan fingerprint density at radius 1 is 0.875 bits per heavy atom. The van der Waals surface area contributed by atoms with Crippen molar-refractivity contribution in [3.8, 4) is 0 Å². The number of hydrogen-bond acceptors (Lipinski definition) is 1. The topological polar surface area (TPSA) is 0 Å². The third kappa shape index (κ3) is 2.77. The van der Waals surface area contributed by atoms with E-state index in [1.54, 1.807) is 0 Å². The van der Waals surface area contributed by atoms with Gasteiger partial charge in [0.25, 0.3) is 0 Å². The molecule has 80 valence electrons. The van der Waals surface area contributed by atoms with E-state index in [-0.39, 0.29) is 0 Å². The first-order chi connectivity index (χ1) is 7.90. The summed E-state index contributed by atoms with van der Waals surface area (Å²) in [5.41, 5.74) is 1.30. The summed E-state index contributed by atoms with van der Waals surface area (Å²) in [7, 11) is 0. The summed E-state index contributed by atoms with van der Waals surface area (Å²) >= 11 is 1.82. The summed E-state index contributed by atoms with van der Waals surface area (Å²) in [4.78, 5) is 1.27. The monoisotopic (exact) mass is 226 g/mol. The Labute approximate surface area is 101 Å². The minimum Gasteiger partial charge on any atom is -0.114 e. The fourth-order valence-electron chi connectivity index (χ4n) is 1.54. The summed E-state index contributed by atoms with van der Waals surface area (Å²) in [5, 5.41) is 0.323. The molecule has 0 aliphatic rings. The quantitative estimate of drug-likeness (QED) is 0.537. The number of thioether (sulfide) groups is 1. The van der Waals surface area contributed by atoms with Crippen molar-refractivity contribution in [1.29, 1.82) is 0 Å². The first kappa shape index (κ1) is 11.0. The average molecular weight is 226 g/mol. The van der Waals surface area contributed by atoms with E-state index in [1.165, 1.54) is 10.5 Å². The zero-order chi connectivity index (χ0) is 11.2. The fourth-order valence-corrected chi connectivity index (χ4v) is 2.54. The lowest BCUT2D eigenvalue weighted by Crippen LogP contribution is -1.88. The van der Waals surface area contributed by atoms with Gasteiger partial charge in [-0.05, 0) is 17.7 Å². The van der Waals surface area contributed by atoms with Gasteiger partial charge in [0.05, 0.1) is 5.25 Å². The van der Waals surface area contributed by atoms with E-state index < -0.39 is 0 Å². The van der Waals surface area contributed by atoms with Gasteiger partial charge in [-0.15, -0.1) is 18.3 Å². The van der Waals surface area contributed by atoms with Crippen molar-refractivity contribution < 1.29 is 0 Å². The van der Waals surface area contributed by atoms with Crippen molar-refractivity contribution in [2.45, 2.75) is 10.1 Å². The smallest absolute Gasteiger partial charge is 0.0521 e. The third-order valence-electron chi connectivity index (χ3n) is 2.35. The molecular weight excluding hydrogens is 212 g/mol.